The lowest BCUT2D eigenvalue weighted by atomic mass is 10.1. The van der Waals surface area contributed by atoms with Crippen LogP contribution in [0.4, 0.5) is 10.1 Å². The van der Waals surface area contributed by atoms with Gasteiger partial charge in [0.2, 0.25) is 0 Å². The molecule has 1 atom stereocenters. The van der Waals surface area contributed by atoms with Crippen LogP contribution in [0.2, 0.25) is 0 Å². The molecule has 3 aromatic carbocycles. The summed E-state index contributed by atoms with van der Waals surface area (Å²) < 4.78 is 23.2. The van der Waals surface area contributed by atoms with Crippen molar-refractivity contribution >= 4 is 34.4 Å². The van der Waals surface area contributed by atoms with Crippen LogP contribution in [-0.4, -0.2) is 25.1 Å². The van der Waals surface area contributed by atoms with Gasteiger partial charge in [-0.25, -0.2) is 9.18 Å². The van der Waals surface area contributed by atoms with Crippen molar-refractivity contribution in [2.45, 2.75) is 13.0 Å². The van der Waals surface area contributed by atoms with Gasteiger partial charge in [-0.05, 0) is 71.8 Å². The number of ether oxygens (including phenoxy) is 2. The lowest BCUT2D eigenvalue weighted by Crippen LogP contribution is -2.29. The number of methoxy groups -OCH3 is 1. The molecule has 6 heteroatoms. The molecule has 29 heavy (non-hydrogen) atoms. The maximum absolute atomic E-state index is 12.9. The molecule has 1 amide bonds. The molecule has 3 aromatic rings. The number of carbonyl (C=O) groups is 2. The van der Waals surface area contributed by atoms with Crippen molar-refractivity contribution in [1.82, 2.24) is 0 Å². The van der Waals surface area contributed by atoms with Gasteiger partial charge in [0.25, 0.3) is 5.91 Å². The summed E-state index contributed by atoms with van der Waals surface area (Å²) in [6, 6.07) is 16.8. The number of fused-ring (bicyclic) bond motifs is 1. The SMILES string of the molecule is COc1ccc2cc(/C=C/C(=O)O[C@H](C)C(=O)Nc3ccc(F)cc3)ccc2c1. The molecular weight excluding hydrogens is 373 g/mol. The van der Waals surface area contributed by atoms with E-state index in [-0.39, 0.29) is 0 Å². The summed E-state index contributed by atoms with van der Waals surface area (Å²) >= 11 is 0. The van der Waals surface area contributed by atoms with Crippen LogP contribution in [-0.2, 0) is 14.3 Å². The second-order valence-corrected chi connectivity index (χ2v) is 6.38. The van der Waals surface area contributed by atoms with Crippen LogP contribution < -0.4 is 10.1 Å². The van der Waals surface area contributed by atoms with Gasteiger partial charge < -0.3 is 14.8 Å². The number of esters is 1. The fourth-order valence-corrected chi connectivity index (χ4v) is 2.68. The quantitative estimate of drug-likeness (QED) is 0.492. The van der Waals surface area contributed by atoms with Crippen LogP contribution in [0.25, 0.3) is 16.8 Å². The molecular formula is C23H20FNO4. The molecule has 0 heterocycles. The minimum absolute atomic E-state index is 0.402. The van der Waals surface area contributed by atoms with E-state index in [1.54, 1.807) is 13.2 Å². The predicted molar refractivity (Wildman–Crippen MR) is 110 cm³/mol. The molecule has 0 aliphatic heterocycles. The third-order valence-electron chi connectivity index (χ3n) is 4.26. The molecule has 0 aliphatic carbocycles. The van der Waals surface area contributed by atoms with Crippen molar-refractivity contribution in [1.29, 1.82) is 0 Å². The van der Waals surface area contributed by atoms with E-state index in [9.17, 15) is 14.0 Å². The average molecular weight is 393 g/mol. The summed E-state index contributed by atoms with van der Waals surface area (Å²) in [5.41, 5.74) is 1.24. The van der Waals surface area contributed by atoms with E-state index < -0.39 is 23.8 Å². The Balaban J connectivity index is 1.59. The van der Waals surface area contributed by atoms with Crippen LogP contribution in [0.1, 0.15) is 12.5 Å². The number of rotatable bonds is 6. The third kappa shape index (κ3) is 5.42. The number of halogens is 1. The molecule has 0 aliphatic rings. The zero-order chi connectivity index (χ0) is 20.8. The van der Waals surface area contributed by atoms with Crippen molar-refractivity contribution in [2.24, 2.45) is 0 Å². The Morgan fingerprint density at radius 1 is 1.00 bits per heavy atom. The summed E-state index contributed by atoms with van der Waals surface area (Å²) in [5, 5.41) is 4.59. The second kappa shape index (κ2) is 9.01. The molecule has 0 unspecified atom stereocenters. The Bertz CT molecular complexity index is 1060. The Hall–Kier alpha value is -3.67. The first-order valence-corrected chi connectivity index (χ1v) is 8.97. The van der Waals surface area contributed by atoms with Gasteiger partial charge in [-0.15, -0.1) is 0 Å². The first-order chi connectivity index (χ1) is 13.9. The topological polar surface area (TPSA) is 64.6 Å². The fraction of sp³-hybridized carbons (Fsp3) is 0.130. The van der Waals surface area contributed by atoms with Gasteiger partial charge >= 0.3 is 5.97 Å². The number of hydrogen-bond acceptors (Lipinski definition) is 4. The maximum Gasteiger partial charge on any atom is 0.331 e. The lowest BCUT2D eigenvalue weighted by Gasteiger charge is -2.12. The molecule has 3 rings (SSSR count). The molecule has 1 N–H and O–H groups in total. The Morgan fingerprint density at radius 2 is 1.69 bits per heavy atom. The Kier molecular flexibility index (Phi) is 6.24. The zero-order valence-electron chi connectivity index (χ0n) is 16.0. The predicted octanol–water partition coefficient (Wildman–Crippen LogP) is 4.57. The normalized spacial score (nSPS) is 12.0. The number of carbonyl (C=O) groups excluding carboxylic acids is 2. The minimum atomic E-state index is -0.999. The number of hydrogen-bond donors (Lipinski definition) is 1. The van der Waals surface area contributed by atoms with Crippen LogP contribution in [0, 0.1) is 5.82 Å². The van der Waals surface area contributed by atoms with Crippen molar-refractivity contribution in [3.63, 3.8) is 0 Å². The van der Waals surface area contributed by atoms with Crippen molar-refractivity contribution in [3.8, 4) is 5.75 Å². The molecule has 5 nitrogen and oxygen atoms in total. The molecule has 0 fully saturated rings. The zero-order valence-corrected chi connectivity index (χ0v) is 16.0. The summed E-state index contributed by atoms with van der Waals surface area (Å²) in [5.74, 6) is -0.766. The average Bonchev–Trinajstić information content (AvgIpc) is 2.73. The number of anilines is 1. The Morgan fingerprint density at radius 3 is 2.41 bits per heavy atom. The summed E-state index contributed by atoms with van der Waals surface area (Å²) in [7, 11) is 1.62. The van der Waals surface area contributed by atoms with E-state index >= 15 is 0 Å². The molecule has 0 bridgehead atoms. The largest absolute Gasteiger partial charge is 0.497 e. The van der Waals surface area contributed by atoms with Crippen molar-refractivity contribution in [2.75, 3.05) is 12.4 Å². The minimum Gasteiger partial charge on any atom is -0.497 e. The van der Waals surface area contributed by atoms with E-state index in [0.717, 1.165) is 22.1 Å². The van der Waals surface area contributed by atoms with Gasteiger partial charge in [-0.2, -0.15) is 0 Å². The van der Waals surface area contributed by atoms with E-state index in [2.05, 4.69) is 5.32 Å². The molecule has 0 saturated heterocycles. The fourth-order valence-electron chi connectivity index (χ4n) is 2.68. The van der Waals surface area contributed by atoms with Gasteiger partial charge in [0, 0.05) is 11.8 Å². The van der Waals surface area contributed by atoms with E-state index in [1.807, 2.05) is 36.4 Å². The molecule has 0 radical (unpaired) electrons. The highest BCUT2D eigenvalue weighted by atomic mass is 19.1. The van der Waals surface area contributed by atoms with Gasteiger partial charge in [0.15, 0.2) is 6.10 Å². The Labute approximate surface area is 167 Å². The molecule has 148 valence electrons. The highest BCUT2D eigenvalue weighted by Crippen LogP contribution is 2.22. The number of nitrogens with one attached hydrogen (secondary N) is 1. The summed E-state index contributed by atoms with van der Waals surface area (Å²) in [4.78, 5) is 24.1. The van der Waals surface area contributed by atoms with E-state index in [1.165, 1.54) is 37.3 Å². The van der Waals surface area contributed by atoms with Crippen LogP contribution in [0.3, 0.4) is 0 Å². The number of benzene rings is 3. The molecule has 0 spiro atoms. The van der Waals surface area contributed by atoms with Crippen molar-refractivity contribution < 1.29 is 23.5 Å². The van der Waals surface area contributed by atoms with E-state index in [4.69, 9.17) is 9.47 Å². The van der Waals surface area contributed by atoms with Crippen molar-refractivity contribution in [3.05, 3.63) is 78.1 Å². The highest BCUT2D eigenvalue weighted by molar-refractivity contribution is 5.96. The standard InChI is InChI=1S/C23H20FNO4/c1-15(23(27)25-20-9-7-19(24)8-10-20)29-22(26)12-4-16-3-5-18-14-21(28-2)11-6-17(18)13-16/h3-15H,1-2H3,(H,25,27)/b12-4+/t15-/m1/s1. The first kappa shape index (κ1) is 20.1. The van der Waals surface area contributed by atoms with Gasteiger partial charge in [-0.3, -0.25) is 4.79 Å². The van der Waals surface area contributed by atoms with E-state index in [0.29, 0.717) is 5.69 Å². The van der Waals surface area contributed by atoms with Crippen LogP contribution in [0.5, 0.6) is 5.75 Å². The molecule has 0 aromatic heterocycles. The van der Waals surface area contributed by atoms with Gasteiger partial charge in [0.1, 0.15) is 11.6 Å². The first-order valence-electron chi connectivity index (χ1n) is 8.97. The monoisotopic (exact) mass is 393 g/mol. The maximum atomic E-state index is 12.9. The van der Waals surface area contributed by atoms with Gasteiger partial charge in [0.05, 0.1) is 7.11 Å². The molecule has 0 saturated carbocycles. The van der Waals surface area contributed by atoms with Gasteiger partial charge in [-0.1, -0.05) is 18.2 Å². The third-order valence-corrected chi connectivity index (χ3v) is 4.26. The number of amides is 1. The summed E-state index contributed by atoms with van der Waals surface area (Å²) in [6.07, 6.45) is 1.89. The van der Waals surface area contributed by atoms with Crippen LogP contribution in [0.15, 0.2) is 66.7 Å². The summed E-state index contributed by atoms with van der Waals surface area (Å²) in [6.45, 7) is 1.47. The lowest BCUT2D eigenvalue weighted by molar-refractivity contribution is -0.148. The smallest absolute Gasteiger partial charge is 0.331 e. The second-order valence-electron chi connectivity index (χ2n) is 6.38. The van der Waals surface area contributed by atoms with Crippen LogP contribution >= 0.6 is 0 Å². The highest BCUT2D eigenvalue weighted by Gasteiger charge is 2.16.